The van der Waals surface area contributed by atoms with Crippen molar-refractivity contribution in [2.24, 2.45) is 0 Å². The van der Waals surface area contributed by atoms with E-state index in [1.54, 1.807) is 6.92 Å². The quantitative estimate of drug-likeness (QED) is 0.784. The average molecular weight is 197 g/mol. The van der Waals surface area contributed by atoms with Crippen LogP contribution in [0.5, 0.6) is 11.9 Å². The Morgan fingerprint density at radius 2 is 1.79 bits per heavy atom. The third-order valence-corrected chi connectivity index (χ3v) is 1.64. The van der Waals surface area contributed by atoms with Crippen LogP contribution in [-0.4, -0.2) is 23.2 Å². The number of anilines is 1. The van der Waals surface area contributed by atoms with E-state index in [9.17, 15) is 0 Å². The van der Waals surface area contributed by atoms with E-state index in [4.69, 9.17) is 15.2 Å². The van der Waals surface area contributed by atoms with Gasteiger partial charge in [0.25, 0.3) is 0 Å². The molecule has 1 heterocycles. The second-order valence-corrected chi connectivity index (χ2v) is 2.68. The molecule has 1 aromatic heterocycles. The fourth-order valence-corrected chi connectivity index (χ4v) is 0.971. The summed E-state index contributed by atoms with van der Waals surface area (Å²) in [4.78, 5) is 8.10. The molecule has 0 aliphatic carbocycles. The summed E-state index contributed by atoms with van der Waals surface area (Å²) in [5, 5.41) is 0. The molecule has 2 N–H and O–H groups in total. The molecular formula is C9H15N3O2. The molecule has 1 aromatic rings. The van der Waals surface area contributed by atoms with E-state index in [2.05, 4.69) is 9.97 Å². The van der Waals surface area contributed by atoms with Crippen LogP contribution < -0.4 is 15.2 Å². The second kappa shape index (κ2) is 4.64. The fraction of sp³-hybridized carbons (Fsp3) is 0.556. The van der Waals surface area contributed by atoms with Crippen LogP contribution in [0, 0.1) is 6.92 Å². The van der Waals surface area contributed by atoms with Gasteiger partial charge in [-0.15, -0.1) is 0 Å². The highest BCUT2D eigenvalue weighted by molar-refractivity contribution is 5.52. The standard InChI is InChI=1S/C9H15N3O2/c1-4-13-8-7(10)6(3)11-9(12-8)14-5-2/h4-5,10H2,1-3H3. The van der Waals surface area contributed by atoms with E-state index in [-0.39, 0.29) is 0 Å². The van der Waals surface area contributed by atoms with Crippen molar-refractivity contribution in [3.05, 3.63) is 5.69 Å². The minimum absolute atomic E-state index is 0.308. The molecule has 78 valence electrons. The average Bonchev–Trinajstić information content (AvgIpc) is 2.14. The van der Waals surface area contributed by atoms with E-state index >= 15 is 0 Å². The lowest BCUT2D eigenvalue weighted by Crippen LogP contribution is -2.06. The van der Waals surface area contributed by atoms with Crippen molar-refractivity contribution in [2.75, 3.05) is 18.9 Å². The van der Waals surface area contributed by atoms with E-state index in [1.165, 1.54) is 0 Å². The van der Waals surface area contributed by atoms with Gasteiger partial charge in [0.2, 0.25) is 5.88 Å². The van der Waals surface area contributed by atoms with Crippen LogP contribution in [-0.2, 0) is 0 Å². The highest BCUT2D eigenvalue weighted by atomic mass is 16.5. The summed E-state index contributed by atoms with van der Waals surface area (Å²) >= 11 is 0. The second-order valence-electron chi connectivity index (χ2n) is 2.68. The van der Waals surface area contributed by atoms with Gasteiger partial charge in [0, 0.05) is 0 Å². The molecule has 0 saturated carbocycles. The molecule has 0 unspecified atom stereocenters. The van der Waals surface area contributed by atoms with Gasteiger partial charge >= 0.3 is 6.01 Å². The van der Waals surface area contributed by atoms with Gasteiger partial charge in [-0.2, -0.15) is 9.97 Å². The molecule has 0 aliphatic heterocycles. The SMILES string of the molecule is CCOc1nc(C)c(N)c(OCC)n1. The largest absolute Gasteiger partial charge is 0.476 e. The Balaban J connectivity index is 3.01. The zero-order valence-corrected chi connectivity index (χ0v) is 8.70. The summed E-state index contributed by atoms with van der Waals surface area (Å²) < 4.78 is 10.4. The first-order valence-electron chi connectivity index (χ1n) is 4.58. The lowest BCUT2D eigenvalue weighted by Gasteiger charge is -2.09. The van der Waals surface area contributed by atoms with Gasteiger partial charge in [0.05, 0.1) is 18.9 Å². The lowest BCUT2D eigenvalue weighted by molar-refractivity contribution is 0.289. The first-order valence-corrected chi connectivity index (χ1v) is 4.58. The Labute approximate surface area is 83.3 Å². The number of nitrogen functional groups attached to an aromatic ring is 1. The number of rotatable bonds is 4. The maximum atomic E-state index is 5.73. The van der Waals surface area contributed by atoms with Gasteiger partial charge in [-0.25, -0.2) is 0 Å². The molecule has 1 rings (SSSR count). The van der Waals surface area contributed by atoms with Crippen LogP contribution in [0.25, 0.3) is 0 Å². The Morgan fingerprint density at radius 1 is 1.14 bits per heavy atom. The van der Waals surface area contributed by atoms with Crippen molar-refractivity contribution in [3.8, 4) is 11.9 Å². The van der Waals surface area contributed by atoms with Crippen LogP contribution in [0.1, 0.15) is 19.5 Å². The fourth-order valence-electron chi connectivity index (χ4n) is 0.971. The molecule has 0 aliphatic rings. The molecule has 0 amide bonds. The van der Waals surface area contributed by atoms with Crippen molar-refractivity contribution in [2.45, 2.75) is 20.8 Å². The third kappa shape index (κ3) is 2.25. The monoisotopic (exact) mass is 197 g/mol. The van der Waals surface area contributed by atoms with Crippen LogP contribution >= 0.6 is 0 Å². The van der Waals surface area contributed by atoms with Crippen molar-refractivity contribution in [3.63, 3.8) is 0 Å². The molecule has 0 radical (unpaired) electrons. The molecule has 0 spiro atoms. The maximum absolute atomic E-state index is 5.73. The Bertz CT molecular complexity index is 315. The van der Waals surface area contributed by atoms with Gasteiger partial charge in [-0.1, -0.05) is 0 Å². The van der Waals surface area contributed by atoms with E-state index in [0.29, 0.717) is 36.5 Å². The maximum Gasteiger partial charge on any atom is 0.320 e. The van der Waals surface area contributed by atoms with Gasteiger partial charge in [-0.05, 0) is 20.8 Å². The highest BCUT2D eigenvalue weighted by Crippen LogP contribution is 2.23. The van der Waals surface area contributed by atoms with Crippen molar-refractivity contribution in [1.82, 2.24) is 9.97 Å². The van der Waals surface area contributed by atoms with Crippen molar-refractivity contribution >= 4 is 5.69 Å². The third-order valence-electron chi connectivity index (χ3n) is 1.64. The smallest absolute Gasteiger partial charge is 0.320 e. The topological polar surface area (TPSA) is 70.3 Å². The normalized spacial score (nSPS) is 9.93. The number of aryl methyl sites for hydroxylation is 1. The molecule has 0 bridgehead atoms. The predicted octanol–water partition coefficient (Wildman–Crippen LogP) is 1.16. The number of hydrogen-bond acceptors (Lipinski definition) is 5. The first-order chi connectivity index (χ1) is 6.69. The molecule has 0 saturated heterocycles. The number of nitrogens with two attached hydrogens (primary N) is 1. The molecule has 0 aromatic carbocycles. The number of ether oxygens (including phenoxy) is 2. The van der Waals surface area contributed by atoms with Gasteiger partial charge < -0.3 is 15.2 Å². The molecular weight excluding hydrogens is 182 g/mol. The number of aromatic nitrogens is 2. The highest BCUT2D eigenvalue weighted by Gasteiger charge is 2.09. The van der Waals surface area contributed by atoms with Crippen molar-refractivity contribution < 1.29 is 9.47 Å². The Hall–Kier alpha value is -1.52. The molecule has 5 nitrogen and oxygen atoms in total. The summed E-state index contributed by atoms with van der Waals surface area (Å²) in [7, 11) is 0. The number of hydrogen-bond donors (Lipinski definition) is 1. The van der Waals surface area contributed by atoms with Gasteiger partial charge in [0.15, 0.2) is 0 Å². The summed E-state index contributed by atoms with van der Waals surface area (Å²) in [5.74, 6) is 0.392. The van der Waals surface area contributed by atoms with Gasteiger partial charge in [-0.3, -0.25) is 0 Å². The van der Waals surface area contributed by atoms with Crippen LogP contribution in [0.2, 0.25) is 0 Å². The molecule has 0 atom stereocenters. The minimum atomic E-state index is 0.308. The Kier molecular flexibility index (Phi) is 3.50. The van der Waals surface area contributed by atoms with Gasteiger partial charge in [0.1, 0.15) is 5.69 Å². The van der Waals surface area contributed by atoms with Crippen LogP contribution in [0.4, 0.5) is 5.69 Å². The molecule has 0 fully saturated rings. The zero-order valence-electron chi connectivity index (χ0n) is 8.70. The zero-order chi connectivity index (χ0) is 10.6. The first kappa shape index (κ1) is 10.6. The molecule has 5 heteroatoms. The summed E-state index contributed by atoms with van der Waals surface area (Å²) in [5.41, 5.74) is 6.87. The molecule has 14 heavy (non-hydrogen) atoms. The van der Waals surface area contributed by atoms with Crippen molar-refractivity contribution in [1.29, 1.82) is 0 Å². The Morgan fingerprint density at radius 3 is 2.36 bits per heavy atom. The minimum Gasteiger partial charge on any atom is -0.476 e. The van der Waals surface area contributed by atoms with E-state index < -0.39 is 0 Å². The summed E-state index contributed by atoms with van der Waals surface area (Å²) in [6, 6.07) is 0.308. The van der Waals surface area contributed by atoms with Crippen LogP contribution in [0.3, 0.4) is 0 Å². The summed E-state index contributed by atoms with van der Waals surface area (Å²) in [6.45, 7) is 6.58. The number of nitrogens with zero attached hydrogens (tertiary/aromatic N) is 2. The summed E-state index contributed by atoms with van der Waals surface area (Å²) in [6.07, 6.45) is 0. The van der Waals surface area contributed by atoms with E-state index in [1.807, 2.05) is 13.8 Å². The van der Waals surface area contributed by atoms with E-state index in [0.717, 1.165) is 0 Å². The van der Waals surface area contributed by atoms with Crippen LogP contribution in [0.15, 0.2) is 0 Å². The predicted molar refractivity (Wildman–Crippen MR) is 53.5 cm³/mol. The lowest BCUT2D eigenvalue weighted by atomic mass is 10.4.